The van der Waals surface area contributed by atoms with E-state index in [2.05, 4.69) is 22.4 Å². The van der Waals surface area contributed by atoms with E-state index in [4.69, 9.17) is 9.47 Å². The molecule has 0 saturated carbocycles. The number of benzene rings is 1. The summed E-state index contributed by atoms with van der Waals surface area (Å²) >= 11 is 0. The van der Waals surface area contributed by atoms with Crippen molar-refractivity contribution in [3.8, 4) is 11.6 Å². The van der Waals surface area contributed by atoms with Crippen LogP contribution in [-0.4, -0.2) is 29.4 Å². The van der Waals surface area contributed by atoms with Crippen LogP contribution < -0.4 is 10.1 Å². The summed E-state index contributed by atoms with van der Waals surface area (Å²) in [6.07, 6.45) is 1.90. The van der Waals surface area contributed by atoms with Crippen LogP contribution in [0.2, 0.25) is 0 Å². The van der Waals surface area contributed by atoms with E-state index in [-0.39, 0.29) is 12.2 Å². The molecule has 5 heteroatoms. The first kappa shape index (κ1) is 13.0. The van der Waals surface area contributed by atoms with Crippen molar-refractivity contribution in [2.24, 2.45) is 0 Å². The molecule has 104 valence electrons. The third-order valence-electron chi connectivity index (χ3n) is 3.16. The van der Waals surface area contributed by atoms with Gasteiger partial charge in [-0.1, -0.05) is 12.1 Å². The number of hydrogen-bond acceptors (Lipinski definition) is 5. The molecular weight excluding hydrogens is 254 g/mol. The van der Waals surface area contributed by atoms with E-state index >= 15 is 0 Å². The van der Waals surface area contributed by atoms with Gasteiger partial charge in [0.25, 0.3) is 0 Å². The maximum Gasteiger partial charge on any atom is 0.238 e. The van der Waals surface area contributed by atoms with Crippen molar-refractivity contribution >= 4 is 0 Å². The molecule has 3 rings (SSSR count). The van der Waals surface area contributed by atoms with Crippen LogP contribution in [0, 0.1) is 0 Å². The fourth-order valence-corrected chi connectivity index (χ4v) is 2.23. The lowest BCUT2D eigenvalue weighted by Gasteiger charge is -2.29. The Balaban J connectivity index is 1.75. The van der Waals surface area contributed by atoms with Gasteiger partial charge in [0.2, 0.25) is 5.88 Å². The van der Waals surface area contributed by atoms with Crippen molar-refractivity contribution in [3.63, 3.8) is 0 Å². The van der Waals surface area contributed by atoms with Crippen LogP contribution in [0.3, 0.4) is 0 Å². The molecule has 1 fully saturated rings. The van der Waals surface area contributed by atoms with E-state index in [1.54, 1.807) is 18.3 Å². The highest BCUT2D eigenvalue weighted by Gasteiger charge is 2.20. The molecule has 0 radical (unpaired) electrons. The molecule has 1 aliphatic rings. The van der Waals surface area contributed by atoms with E-state index in [9.17, 15) is 0 Å². The summed E-state index contributed by atoms with van der Waals surface area (Å²) in [5, 5.41) is 11.1. The highest BCUT2D eigenvalue weighted by atomic mass is 16.5. The van der Waals surface area contributed by atoms with Gasteiger partial charge in [-0.2, -0.15) is 5.10 Å². The summed E-state index contributed by atoms with van der Waals surface area (Å²) in [6, 6.07) is 11.5. The summed E-state index contributed by atoms with van der Waals surface area (Å²) in [4.78, 5) is 0. The second-order valence-electron chi connectivity index (χ2n) is 4.83. The Labute approximate surface area is 117 Å². The fraction of sp³-hybridized carbons (Fsp3) is 0.333. The molecule has 2 heterocycles. The minimum absolute atomic E-state index is 0.0594. The number of ether oxygens (including phenoxy) is 2. The molecule has 20 heavy (non-hydrogen) atoms. The summed E-state index contributed by atoms with van der Waals surface area (Å²) < 4.78 is 11.6. The number of rotatable bonds is 3. The van der Waals surface area contributed by atoms with Gasteiger partial charge in [-0.3, -0.25) is 0 Å². The smallest absolute Gasteiger partial charge is 0.238 e. The van der Waals surface area contributed by atoms with E-state index in [1.807, 2.05) is 24.3 Å². The third-order valence-corrected chi connectivity index (χ3v) is 3.16. The molecule has 1 N–H and O–H groups in total. The molecular formula is C15H17N3O2. The second-order valence-corrected chi connectivity index (χ2v) is 4.83. The lowest BCUT2D eigenvalue weighted by Crippen LogP contribution is -2.38. The summed E-state index contributed by atoms with van der Waals surface area (Å²) in [5.41, 5.74) is 1.10. The quantitative estimate of drug-likeness (QED) is 0.928. The molecule has 0 aliphatic carbocycles. The van der Waals surface area contributed by atoms with Gasteiger partial charge in [-0.05, 0) is 30.7 Å². The Morgan fingerprint density at radius 1 is 1.25 bits per heavy atom. The van der Waals surface area contributed by atoms with E-state index in [0.29, 0.717) is 5.88 Å². The van der Waals surface area contributed by atoms with Gasteiger partial charge < -0.3 is 14.8 Å². The largest absolute Gasteiger partial charge is 0.438 e. The third kappa shape index (κ3) is 3.12. The molecule has 5 nitrogen and oxygen atoms in total. The average molecular weight is 271 g/mol. The first-order valence-corrected chi connectivity index (χ1v) is 6.73. The Kier molecular flexibility index (Phi) is 3.90. The summed E-state index contributed by atoms with van der Waals surface area (Å²) in [7, 11) is 0. The zero-order valence-corrected chi connectivity index (χ0v) is 11.3. The van der Waals surface area contributed by atoms with Gasteiger partial charge in [0.15, 0.2) is 0 Å². The summed E-state index contributed by atoms with van der Waals surface area (Å²) in [6.45, 7) is 3.78. The number of nitrogens with one attached hydrogen (secondary N) is 1. The molecule has 1 aromatic carbocycles. The second kappa shape index (κ2) is 5.98. The van der Waals surface area contributed by atoms with Crippen molar-refractivity contribution in [2.45, 2.75) is 19.1 Å². The van der Waals surface area contributed by atoms with Crippen molar-refractivity contribution < 1.29 is 9.47 Å². The van der Waals surface area contributed by atoms with Gasteiger partial charge in [0.1, 0.15) is 5.75 Å². The molecule has 2 atom stereocenters. The van der Waals surface area contributed by atoms with Crippen molar-refractivity contribution in [2.75, 3.05) is 13.1 Å². The number of nitrogens with zero attached hydrogens (tertiary/aromatic N) is 2. The van der Waals surface area contributed by atoms with Crippen LogP contribution in [0.1, 0.15) is 18.6 Å². The lowest BCUT2D eigenvalue weighted by molar-refractivity contribution is -0.0287. The Bertz CT molecular complexity index is 562. The van der Waals surface area contributed by atoms with Crippen LogP contribution in [0.5, 0.6) is 11.6 Å². The molecule has 1 saturated heterocycles. The van der Waals surface area contributed by atoms with E-state index in [1.165, 1.54) is 0 Å². The van der Waals surface area contributed by atoms with E-state index < -0.39 is 0 Å². The number of morpholine rings is 1. The van der Waals surface area contributed by atoms with Gasteiger partial charge >= 0.3 is 0 Å². The molecule has 0 bridgehead atoms. The molecule has 0 unspecified atom stereocenters. The van der Waals surface area contributed by atoms with Gasteiger partial charge in [0, 0.05) is 25.4 Å². The monoisotopic (exact) mass is 271 g/mol. The minimum Gasteiger partial charge on any atom is -0.438 e. The topological polar surface area (TPSA) is 56.3 Å². The number of hydrogen-bond donors (Lipinski definition) is 1. The van der Waals surface area contributed by atoms with Crippen molar-refractivity contribution in [1.82, 2.24) is 15.5 Å². The molecule has 0 spiro atoms. The molecule has 2 aromatic rings. The molecule has 1 aromatic heterocycles. The van der Waals surface area contributed by atoms with Gasteiger partial charge in [-0.15, -0.1) is 5.10 Å². The Morgan fingerprint density at radius 3 is 3.00 bits per heavy atom. The maximum absolute atomic E-state index is 5.93. The predicted octanol–water partition coefficient (Wildman–Crippen LogP) is 2.32. The first-order valence-electron chi connectivity index (χ1n) is 6.73. The van der Waals surface area contributed by atoms with Crippen LogP contribution in [0.25, 0.3) is 0 Å². The van der Waals surface area contributed by atoms with Crippen LogP contribution in [0.15, 0.2) is 42.6 Å². The fourth-order valence-electron chi connectivity index (χ4n) is 2.23. The first-order chi connectivity index (χ1) is 9.81. The van der Waals surface area contributed by atoms with Crippen LogP contribution in [0.4, 0.5) is 0 Å². The highest BCUT2D eigenvalue weighted by Crippen LogP contribution is 2.26. The van der Waals surface area contributed by atoms with Gasteiger partial charge in [0.05, 0.1) is 12.2 Å². The predicted molar refractivity (Wildman–Crippen MR) is 74.7 cm³/mol. The zero-order valence-electron chi connectivity index (χ0n) is 11.3. The molecule has 1 aliphatic heterocycles. The standard InChI is InChI=1S/C15H17N3O2/c1-11-9-16-10-14(19-11)12-4-2-5-13(8-12)20-15-6-3-7-17-18-15/h2-8,11,14,16H,9-10H2,1H3/t11-,14+/m1/s1. The Hall–Kier alpha value is -1.98. The number of aromatic nitrogens is 2. The lowest BCUT2D eigenvalue weighted by atomic mass is 10.1. The summed E-state index contributed by atoms with van der Waals surface area (Å²) in [5.74, 6) is 1.23. The van der Waals surface area contributed by atoms with E-state index in [0.717, 1.165) is 24.4 Å². The zero-order chi connectivity index (χ0) is 13.8. The minimum atomic E-state index is 0.0594. The Morgan fingerprint density at radius 2 is 2.20 bits per heavy atom. The maximum atomic E-state index is 5.93. The molecule has 0 amide bonds. The van der Waals surface area contributed by atoms with Crippen molar-refractivity contribution in [3.05, 3.63) is 48.2 Å². The average Bonchev–Trinajstić information content (AvgIpc) is 2.49. The van der Waals surface area contributed by atoms with Gasteiger partial charge in [-0.25, -0.2) is 0 Å². The van der Waals surface area contributed by atoms with Crippen molar-refractivity contribution in [1.29, 1.82) is 0 Å². The SMILES string of the molecule is C[C@@H]1CNC[C@@H](c2cccc(Oc3cccnn3)c2)O1. The van der Waals surface area contributed by atoms with Crippen LogP contribution >= 0.6 is 0 Å². The van der Waals surface area contributed by atoms with Crippen LogP contribution in [-0.2, 0) is 4.74 Å². The highest BCUT2D eigenvalue weighted by molar-refractivity contribution is 5.32. The normalized spacial score (nSPS) is 22.4.